The van der Waals surface area contributed by atoms with Crippen molar-refractivity contribution in [3.63, 3.8) is 0 Å². The molecule has 156 valence electrons. The summed E-state index contributed by atoms with van der Waals surface area (Å²) >= 11 is 3.37. The fourth-order valence-corrected chi connectivity index (χ4v) is 4.87. The molecule has 0 saturated carbocycles. The van der Waals surface area contributed by atoms with Crippen molar-refractivity contribution in [1.82, 2.24) is 5.01 Å². The lowest BCUT2D eigenvalue weighted by Crippen LogP contribution is -2.46. The number of hydrogen-bond donors (Lipinski definition) is 0. The number of carbonyl (C=O) groups excluding carboxylic acids is 3. The molecule has 2 saturated heterocycles. The number of methoxy groups -OCH3 is 1. The molecule has 2 fully saturated rings. The average Bonchev–Trinajstić information content (AvgIpc) is 3.27. The van der Waals surface area contributed by atoms with Gasteiger partial charge in [0.25, 0.3) is 0 Å². The summed E-state index contributed by atoms with van der Waals surface area (Å²) in [5.41, 5.74) is 0.940. The minimum atomic E-state index is -0.860. The number of anilines is 1. The van der Waals surface area contributed by atoms with E-state index in [1.54, 1.807) is 72.9 Å². The van der Waals surface area contributed by atoms with E-state index < -0.39 is 23.9 Å². The van der Waals surface area contributed by atoms with Crippen molar-refractivity contribution < 1.29 is 19.1 Å². The molecule has 0 bridgehead atoms. The van der Waals surface area contributed by atoms with Crippen molar-refractivity contribution in [2.75, 3.05) is 12.0 Å². The lowest BCUT2D eigenvalue weighted by atomic mass is 9.86. The smallest absolute Gasteiger partial charge is 0.240 e. The second-order valence-corrected chi connectivity index (χ2v) is 8.51. The number of ether oxygens (including phenoxy) is 1. The Hall–Kier alpha value is -3.26. The molecule has 0 spiro atoms. The van der Waals surface area contributed by atoms with Crippen LogP contribution in [0.5, 0.6) is 5.75 Å². The monoisotopic (exact) mass is 479 g/mol. The van der Waals surface area contributed by atoms with E-state index in [-0.39, 0.29) is 17.6 Å². The second kappa shape index (κ2) is 7.46. The number of halogens is 1. The number of amides is 2. The third-order valence-corrected chi connectivity index (χ3v) is 6.55. The van der Waals surface area contributed by atoms with Gasteiger partial charge in [-0.05, 0) is 54.6 Å². The third-order valence-electron chi connectivity index (χ3n) is 6.02. The average molecular weight is 480 g/mol. The molecule has 0 N–H and O–H groups in total. The summed E-state index contributed by atoms with van der Waals surface area (Å²) in [5.74, 6) is -1.77. The Kier molecular flexibility index (Phi) is 4.74. The molecule has 5 rings (SSSR count). The Labute approximate surface area is 187 Å². The topological polar surface area (TPSA) is 79.3 Å². The van der Waals surface area contributed by atoms with E-state index in [0.717, 1.165) is 4.47 Å². The molecule has 2 aromatic carbocycles. The maximum Gasteiger partial charge on any atom is 0.240 e. The van der Waals surface area contributed by atoms with Gasteiger partial charge in [0.2, 0.25) is 11.8 Å². The lowest BCUT2D eigenvalue weighted by molar-refractivity contribution is -0.123. The van der Waals surface area contributed by atoms with E-state index in [4.69, 9.17) is 4.74 Å². The number of allylic oxidation sites excluding steroid dienone is 1. The predicted molar refractivity (Wildman–Crippen MR) is 118 cm³/mol. The first-order valence-corrected chi connectivity index (χ1v) is 10.6. The standard InChI is InChI=1S/C23H18BrN3O4/c1-31-16-10-4-13(5-11-16)21(28)20-19-18(17-3-2-12-25-27(17)20)22(29)26(23(19)30)15-8-6-14(24)7-9-15/h2-12,17-20H,1H3/t17?,18-,19-,20+/m0/s1. The van der Waals surface area contributed by atoms with Gasteiger partial charge >= 0.3 is 0 Å². The number of rotatable bonds is 4. The van der Waals surface area contributed by atoms with E-state index in [2.05, 4.69) is 21.0 Å². The first-order valence-electron chi connectivity index (χ1n) is 9.82. The Morgan fingerprint density at radius 1 is 1.00 bits per heavy atom. The summed E-state index contributed by atoms with van der Waals surface area (Å²) in [6.45, 7) is 0. The number of hydrazone groups is 1. The zero-order valence-electron chi connectivity index (χ0n) is 16.5. The molecule has 4 atom stereocenters. The fraction of sp³-hybridized carbons (Fsp3) is 0.217. The minimum absolute atomic E-state index is 0.244. The summed E-state index contributed by atoms with van der Waals surface area (Å²) in [5, 5.41) is 5.97. The molecule has 8 heteroatoms. The van der Waals surface area contributed by atoms with Crippen molar-refractivity contribution in [2.24, 2.45) is 16.9 Å². The molecule has 7 nitrogen and oxygen atoms in total. The molecule has 0 aromatic heterocycles. The van der Waals surface area contributed by atoms with Crippen LogP contribution >= 0.6 is 15.9 Å². The SMILES string of the molecule is COc1ccc(C(=O)[C@H]2[C@H]3C(=O)N(c4ccc(Br)cc4)C(=O)[C@H]3C3C=CC=NN32)cc1. The van der Waals surface area contributed by atoms with Crippen molar-refractivity contribution in [3.8, 4) is 5.75 Å². The summed E-state index contributed by atoms with van der Waals surface area (Å²) in [6, 6.07) is 12.4. The number of fused-ring (bicyclic) bond motifs is 3. The molecule has 0 aliphatic carbocycles. The maximum absolute atomic E-state index is 13.5. The summed E-state index contributed by atoms with van der Waals surface area (Å²) in [4.78, 5) is 41.6. The molecule has 2 aromatic rings. The zero-order valence-corrected chi connectivity index (χ0v) is 18.1. The molecule has 3 aliphatic rings. The van der Waals surface area contributed by atoms with Crippen LogP contribution in [0.3, 0.4) is 0 Å². The van der Waals surface area contributed by atoms with Gasteiger partial charge < -0.3 is 4.74 Å². The highest BCUT2D eigenvalue weighted by atomic mass is 79.9. The quantitative estimate of drug-likeness (QED) is 0.497. The highest BCUT2D eigenvalue weighted by Gasteiger charge is 2.64. The van der Waals surface area contributed by atoms with Crippen molar-refractivity contribution in [3.05, 3.63) is 70.7 Å². The first-order chi connectivity index (χ1) is 15.0. The highest BCUT2D eigenvalue weighted by molar-refractivity contribution is 9.10. The van der Waals surface area contributed by atoms with Crippen LogP contribution in [-0.4, -0.2) is 48.0 Å². The first kappa shape index (κ1) is 19.7. The van der Waals surface area contributed by atoms with Gasteiger partial charge in [0.15, 0.2) is 5.78 Å². The largest absolute Gasteiger partial charge is 0.497 e. The van der Waals surface area contributed by atoms with Crippen LogP contribution in [0.25, 0.3) is 0 Å². The number of hydrogen-bond acceptors (Lipinski definition) is 6. The van der Waals surface area contributed by atoms with Crippen LogP contribution in [0.1, 0.15) is 10.4 Å². The molecule has 1 unspecified atom stereocenters. The van der Waals surface area contributed by atoms with Crippen molar-refractivity contribution in [1.29, 1.82) is 0 Å². The Balaban J connectivity index is 1.55. The van der Waals surface area contributed by atoms with Gasteiger partial charge in [-0.25, -0.2) is 4.90 Å². The van der Waals surface area contributed by atoms with Crippen molar-refractivity contribution in [2.45, 2.75) is 12.1 Å². The van der Waals surface area contributed by atoms with Crippen LogP contribution in [0.2, 0.25) is 0 Å². The number of Topliss-reactive ketones (excluding diaryl/α,β-unsaturated/α-hetero) is 1. The molecule has 2 amide bonds. The van der Waals surface area contributed by atoms with Gasteiger partial charge in [0.1, 0.15) is 11.8 Å². The maximum atomic E-state index is 13.5. The number of ketones is 1. The van der Waals surface area contributed by atoms with Crippen molar-refractivity contribution >= 4 is 45.4 Å². The van der Waals surface area contributed by atoms with Crippen LogP contribution in [0, 0.1) is 11.8 Å². The van der Waals surface area contributed by atoms with Crippen LogP contribution in [0.15, 0.2) is 70.3 Å². The molecule has 3 heterocycles. The predicted octanol–water partition coefficient (Wildman–Crippen LogP) is 3.05. The van der Waals surface area contributed by atoms with Crippen LogP contribution < -0.4 is 9.64 Å². The lowest BCUT2D eigenvalue weighted by Gasteiger charge is -2.30. The van der Waals surface area contributed by atoms with Crippen LogP contribution in [-0.2, 0) is 9.59 Å². The van der Waals surface area contributed by atoms with Crippen LogP contribution in [0.4, 0.5) is 5.69 Å². The highest BCUT2D eigenvalue weighted by Crippen LogP contribution is 2.46. The fourth-order valence-electron chi connectivity index (χ4n) is 4.61. The normalized spacial score (nSPS) is 26.3. The van der Waals surface area contributed by atoms with Gasteiger partial charge in [-0.1, -0.05) is 22.0 Å². The minimum Gasteiger partial charge on any atom is -0.497 e. The Morgan fingerprint density at radius 2 is 1.68 bits per heavy atom. The summed E-state index contributed by atoms with van der Waals surface area (Å²) in [7, 11) is 1.55. The summed E-state index contributed by atoms with van der Waals surface area (Å²) < 4.78 is 6.02. The molecular weight excluding hydrogens is 462 g/mol. The van der Waals surface area contributed by atoms with E-state index in [1.165, 1.54) is 4.90 Å². The van der Waals surface area contributed by atoms with Gasteiger partial charge in [-0.15, -0.1) is 0 Å². The van der Waals surface area contributed by atoms with Gasteiger partial charge in [-0.2, -0.15) is 5.10 Å². The van der Waals surface area contributed by atoms with Gasteiger partial charge in [0, 0.05) is 16.3 Å². The molecule has 0 radical (unpaired) electrons. The Morgan fingerprint density at radius 3 is 2.35 bits per heavy atom. The molecular formula is C23H18BrN3O4. The van der Waals surface area contributed by atoms with E-state index in [9.17, 15) is 14.4 Å². The number of benzene rings is 2. The number of carbonyl (C=O) groups is 3. The third kappa shape index (κ3) is 3.01. The van der Waals surface area contributed by atoms with E-state index in [0.29, 0.717) is 17.0 Å². The second-order valence-electron chi connectivity index (χ2n) is 7.60. The molecule has 31 heavy (non-hydrogen) atoms. The van der Waals surface area contributed by atoms with E-state index in [1.807, 2.05) is 6.08 Å². The number of imide groups is 1. The summed E-state index contributed by atoms with van der Waals surface area (Å²) in [6.07, 6.45) is 5.16. The van der Waals surface area contributed by atoms with Gasteiger partial charge in [-0.3, -0.25) is 19.4 Å². The Bertz CT molecular complexity index is 1130. The number of nitrogens with zero attached hydrogens (tertiary/aromatic N) is 3. The van der Waals surface area contributed by atoms with Gasteiger partial charge in [0.05, 0.1) is 30.7 Å². The van der Waals surface area contributed by atoms with E-state index >= 15 is 0 Å². The molecule has 3 aliphatic heterocycles. The zero-order chi connectivity index (χ0) is 21.7.